The van der Waals surface area contributed by atoms with Crippen LogP contribution in [0.1, 0.15) is 47.4 Å². The lowest BCUT2D eigenvalue weighted by molar-refractivity contribution is -0.192. The second-order valence-electron chi connectivity index (χ2n) is 11.7. The first kappa shape index (κ1) is 36.4. The SMILES string of the molecule is Cc1ccc(C(CC(=O)O)c2cc(OC(F)F)c3c(c2)nnn3C)cc1CN1C[C@H]2CCCN2c2ncccc2S1(=O)=O.O=C(O)C(F)(F)F. The summed E-state index contributed by atoms with van der Waals surface area (Å²) >= 11 is 0. The number of carboxylic acid groups (broad SMARTS) is 2. The molecule has 0 amide bonds. The second-order valence-corrected chi connectivity index (χ2v) is 13.6. The number of aromatic nitrogens is 4. The van der Waals surface area contributed by atoms with Crippen LogP contribution in [0, 0.1) is 6.92 Å². The normalized spacial score (nSPS) is 17.8. The average Bonchev–Trinajstić information content (AvgIpc) is 3.64. The van der Waals surface area contributed by atoms with E-state index in [1.54, 1.807) is 43.6 Å². The lowest BCUT2D eigenvalue weighted by Gasteiger charge is -2.26. The topological polar surface area (TPSA) is 168 Å². The number of hydrogen-bond acceptors (Lipinski definition) is 9. The number of aliphatic carboxylic acids is 2. The summed E-state index contributed by atoms with van der Waals surface area (Å²) in [7, 11) is -2.34. The minimum atomic E-state index is -5.08. The van der Waals surface area contributed by atoms with Gasteiger partial charge >= 0.3 is 24.7 Å². The van der Waals surface area contributed by atoms with Gasteiger partial charge in [0.25, 0.3) is 0 Å². The van der Waals surface area contributed by atoms with E-state index >= 15 is 0 Å². The van der Waals surface area contributed by atoms with Gasteiger partial charge in [0.15, 0.2) is 5.75 Å². The highest BCUT2D eigenvalue weighted by molar-refractivity contribution is 7.89. The minimum Gasteiger partial charge on any atom is -0.481 e. The van der Waals surface area contributed by atoms with Crippen LogP contribution in [-0.2, 0) is 33.2 Å². The maximum atomic E-state index is 13.9. The highest BCUT2D eigenvalue weighted by Crippen LogP contribution is 2.38. The molecule has 1 unspecified atom stereocenters. The van der Waals surface area contributed by atoms with Crippen LogP contribution in [0.25, 0.3) is 11.0 Å². The lowest BCUT2D eigenvalue weighted by Crippen LogP contribution is -2.39. The van der Waals surface area contributed by atoms with Crippen molar-refractivity contribution >= 4 is 38.8 Å². The second kappa shape index (κ2) is 14.1. The van der Waals surface area contributed by atoms with Gasteiger partial charge in [-0.1, -0.05) is 23.4 Å². The molecule has 50 heavy (non-hydrogen) atoms. The fraction of sp³-hybridized carbons (Fsp3) is 0.387. The van der Waals surface area contributed by atoms with Gasteiger partial charge < -0.3 is 19.8 Å². The molecule has 1 fully saturated rings. The molecular formula is C31H31F5N6O7S. The van der Waals surface area contributed by atoms with Crippen molar-refractivity contribution in [2.45, 2.75) is 62.4 Å². The van der Waals surface area contributed by atoms with Crippen molar-refractivity contribution in [2.24, 2.45) is 7.05 Å². The Morgan fingerprint density at radius 2 is 1.82 bits per heavy atom. The highest BCUT2D eigenvalue weighted by atomic mass is 32.2. The van der Waals surface area contributed by atoms with Crippen LogP contribution >= 0.6 is 0 Å². The number of benzene rings is 2. The standard InChI is InChI=1S/C29H30F2N6O5S.C2HF3O2/c1-17-7-8-18(22(14-26(38)39)19-12-23-27(35(2)34-33-23)24(13-19)42-29(30)31)11-20(17)15-36-16-21-5-4-10-37(21)28-25(43(36,40)41)6-3-9-32-28;3-2(4,5)1(6)7/h3,6-9,11-13,21-22,29H,4-5,10,14-16H2,1-2H3,(H,38,39);(H,6,7)/t21-,22?;/m1./s1. The number of hydrogen-bond donors (Lipinski definition) is 2. The molecule has 6 rings (SSSR count). The summed E-state index contributed by atoms with van der Waals surface area (Å²) in [6.45, 7) is -0.143. The Kier molecular flexibility index (Phi) is 10.3. The van der Waals surface area contributed by atoms with Crippen molar-refractivity contribution in [3.63, 3.8) is 0 Å². The molecule has 1 saturated heterocycles. The summed E-state index contributed by atoms with van der Waals surface area (Å²) in [6.07, 6.45) is -2.05. The van der Waals surface area contributed by atoms with Gasteiger partial charge in [0.2, 0.25) is 10.0 Å². The summed E-state index contributed by atoms with van der Waals surface area (Å²) in [6, 6.07) is 11.6. The number of anilines is 1. The van der Waals surface area contributed by atoms with E-state index in [1.165, 1.54) is 15.1 Å². The van der Waals surface area contributed by atoms with Gasteiger partial charge in [0, 0.05) is 44.8 Å². The molecule has 268 valence electrons. The Labute approximate surface area is 281 Å². The number of sulfonamides is 1. The zero-order chi connectivity index (χ0) is 36.5. The number of pyridine rings is 1. The summed E-state index contributed by atoms with van der Waals surface area (Å²) in [4.78, 5) is 27.6. The fourth-order valence-corrected chi connectivity index (χ4v) is 7.77. The molecular weight excluding hydrogens is 695 g/mol. The highest BCUT2D eigenvalue weighted by Gasteiger charge is 2.40. The van der Waals surface area contributed by atoms with Gasteiger partial charge in [0.1, 0.15) is 21.7 Å². The number of carboxylic acids is 2. The Bertz CT molecular complexity index is 2020. The number of carbonyl (C=O) groups is 2. The van der Waals surface area contributed by atoms with E-state index in [2.05, 4.69) is 20.2 Å². The molecule has 2 aromatic heterocycles. The van der Waals surface area contributed by atoms with E-state index in [1.807, 2.05) is 13.0 Å². The van der Waals surface area contributed by atoms with Crippen molar-refractivity contribution in [1.29, 1.82) is 0 Å². The smallest absolute Gasteiger partial charge is 0.481 e. The average molecular weight is 727 g/mol. The third kappa shape index (κ3) is 7.62. The molecule has 2 aromatic carbocycles. The number of halogens is 5. The molecule has 0 aliphatic carbocycles. The van der Waals surface area contributed by atoms with E-state index < -0.39 is 40.7 Å². The molecule has 2 N–H and O–H groups in total. The number of ether oxygens (including phenoxy) is 1. The van der Waals surface area contributed by atoms with Crippen LogP contribution in [-0.4, -0.2) is 86.8 Å². The largest absolute Gasteiger partial charge is 0.490 e. The zero-order valence-corrected chi connectivity index (χ0v) is 27.3. The molecule has 0 radical (unpaired) electrons. The molecule has 2 aliphatic rings. The molecule has 4 aromatic rings. The van der Waals surface area contributed by atoms with Gasteiger partial charge in [-0.05, 0) is 66.3 Å². The van der Waals surface area contributed by atoms with Crippen molar-refractivity contribution in [3.8, 4) is 5.75 Å². The van der Waals surface area contributed by atoms with E-state index in [9.17, 15) is 40.3 Å². The molecule has 13 nitrogen and oxygen atoms in total. The molecule has 19 heteroatoms. The molecule has 2 aliphatic heterocycles. The molecule has 2 atom stereocenters. The first-order valence-corrected chi connectivity index (χ1v) is 16.5. The van der Waals surface area contributed by atoms with Crippen molar-refractivity contribution in [1.82, 2.24) is 24.3 Å². The van der Waals surface area contributed by atoms with Crippen molar-refractivity contribution < 1.29 is 54.9 Å². The number of alkyl halides is 5. The number of aryl methyl sites for hydroxylation is 2. The van der Waals surface area contributed by atoms with Gasteiger partial charge in [-0.2, -0.15) is 26.3 Å². The van der Waals surface area contributed by atoms with E-state index in [-0.39, 0.29) is 40.7 Å². The monoisotopic (exact) mass is 726 g/mol. The van der Waals surface area contributed by atoms with Gasteiger partial charge in [-0.3, -0.25) is 4.79 Å². The Balaban J connectivity index is 0.000000630. The van der Waals surface area contributed by atoms with Crippen LogP contribution in [0.4, 0.5) is 27.8 Å². The van der Waals surface area contributed by atoms with Crippen molar-refractivity contribution in [3.05, 3.63) is 70.9 Å². The van der Waals surface area contributed by atoms with Crippen LogP contribution in [0.5, 0.6) is 5.75 Å². The summed E-state index contributed by atoms with van der Waals surface area (Å²) in [5.74, 6) is -4.31. The van der Waals surface area contributed by atoms with Crippen LogP contribution in [0.15, 0.2) is 53.6 Å². The maximum Gasteiger partial charge on any atom is 0.490 e. The first-order valence-electron chi connectivity index (χ1n) is 15.1. The number of nitrogens with zero attached hydrogens (tertiary/aromatic N) is 6. The quantitative estimate of drug-likeness (QED) is 0.242. The predicted octanol–water partition coefficient (Wildman–Crippen LogP) is 4.69. The Morgan fingerprint density at radius 3 is 2.48 bits per heavy atom. The predicted molar refractivity (Wildman–Crippen MR) is 166 cm³/mol. The molecule has 0 spiro atoms. The van der Waals surface area contributed by atoms with Crippen molar-refractivity contribution in [2.75, 3.05) is 18.0 Å². The number of rotatable bonds is 8. The first-order chi connectivity index (χ1) is 23.5. The van der Waals surface area contributed by atoms with E-state index in [4.69, 9.17) is 14.6 Å². The zero-order valence-electron chi connectivity index (χ0n) is 26.5. The Hall–Kier alpha value is -4.91. The summed E-state index contributed by atoms with van der Waals surface area (Å²) < 4.78 is 93.7. The fourth-order valence-electron chi connectivity index (χ4n) is 6.16. The summed E-state index contributed by atoms with van der Waals surface area (Å²) in [5, 5.41) is 24.9. The maximum absolute atomic E-state index is 13.9. The number of fused-ring (bicyclic) bond motifs is 4. The van der Waals surface area contributed by atoms with Gasteiger partial charge in [-0.25, -0.2) is 22.9 Å². The lowest BCUT2D eigenvalue weighted by atomic mass is 9.86. The Morgan fingerprint density at radius 1 is 1.10 bits per heavy atom. The van der Waals surface area contributed by atoms with Gasteiger partial charge in [0.05, 0.1) is 6.42 Å². The van der Waals surface area contributed by atoms with E-state index in [0.717, 1.165) is 24.9 Å². The van der Waals surface area contributed by atoms with E-state index in [0.29, 0.717) is 29.1 Å². The molecule has 0 bridgehead atoms. The molecule has 0 saturated carbocycles. The summed E-state index contributed by atoms with van der Waals surface area (Å²) in [5.41, 5.74) is 3.07. The third-order valence-electron chi connectivity index (χ3n) is 8.48. The van der Waals surface area contributed by atoms with Crippen LogP contribution in [0.3, 0.4) is 0 Å². The minimum absolute atomic E-state index is 0.0128. The van der Waals surface area contributed by atoms with Crippen LogP contribution < -0.4 is 9.64 Å². The molecule has 4 heterocycles. The third-order valence-corrected chi connectivity index (χ3v) is 10.3. The van der Waals surface area contributed by atoms with Gasteiger partial charge in [-0.15, -0.1) is 5.10 Å². The van der Waals surface area contributed by atoms with Crippen LogP contribution in [0.2, 0.25) is 0 Å².